The number of nitrogens with one attached hydrogen (secondary N) is 1. The maximum absolute atomic E-state index is 5.63. The molecule has 0 saturated heterocycles. The Hall–Kier alpha value is -1.33. The van der Waals surface area contributed by atoms with E-state index in [2.05, 4.69) is 29.4 Å². The molecule has 4 nitrogen and oxygen atoms in total. The van der Waals surface area contributed by atoms with Gasteiger partial charge in [-0.15, -0.1) is 10.2 Å². The molecule has 0 aliphatic rings. The minimum Gasteiger partial charge on any atom is -0.419 e. The fourth-order valence-corrected chi connectivity index (χ4v) is 2.34. The molecule has 1 unspecified atom stereocenters. The van der Waals surface area contributed by atoms with Gasteiger partial charge in [0.25, 0.3) is 0 Å². The molecule has 5 heteroatoms. The van der Waals surface area contributed by atoms with Crippen LogP contribution in [0.5, 0.6) is 0 Å². The second kappa shape index (κ2) is 7.31. The Balaban J connectivity index is 1.88. The van der Waals surface area contributed by atoms with E-state index in [4.69, 9.17) is 4.42 Å². The Morgan fingerprint density at radius 1 is 1.26 bits per heavy atom. The molecule has 1 heterocycles. The van der Waals surface area contributed by atoms with Gasteiger partial charge in [-0.1, -0.05) is 25.1 Å². The van der Waals surface area contributed by atoms with Gasteiger partial charge < -0.3 is 9.73 Å². The van der Waals surface area contributed by atoms with Gasteiger partial charge in [-0.2, -0.15) is 11.8 Å². The van der Waals surface area contributed by atoms with E-state index in [9.17, 15) is 0 Å². The summed E-state index contributed by atoms with van der Waals surface area (Å²) in [6, 6.07) is 10.3. The fourth-order valence-electron chi connectivity index (χ4n) is 1.64. The molecule has 0 radical (unpaired) electrons. The molecular formula is C14H19N3OS. The lowest BCUT2D eigenvalue weighted by Crippen LogP contribution is -2.27. The van der Waals surface area contributed by atoms with Gasteiger partial charge >= 0.3 is 0 Å². The molecule has 2 rings (SSSR count). The molecule has 19 heavy (non-hydrogen) atoms. The van der Waals surface area contributed by atoms with Crippen molar-refractivity contribution in [3.63, 3.8) is 0 Å². The van der Waals surface area contributed by atoms with Crippen LogP contribution in [0.4, 0.5) is 0 Å². The van der Waals surface area contributed by atoms with E-state index in [-0.39, 0.29) is 0 Å². The zero-order valence-electron chi connectivity index (χ0n) is 11.3. The third-order valence-electron chi connectivity index (χ3n) is 2.66. The predicted octanol–water partition coefficient (Wildman–Crippen LogP) is 2.97. The van der Waals surface area contributed by atoms with Crippen molar-refractivity contribution in [1.29, 1.82) is 0 Å². The average molecular weight is 277 g/mol. The van der Waals surface area contributed by atoms with Crippen LogP contribution in [0.3, 0.4) is 0 Å². The van der Waals surface area contributed by atoms with Crippen molar-refractivity contribution in [1.82, 2.24) is 15.5 Å². The monoisotopic (exact) mass is 277 g/mol. The van der Waals surface area contributed by atoms with Gasteiger partial charge in [-0.3, -0.25) is 0 Å². The summed E-state index contributed by atoms with van der Waals surface area (Å²) in [6.07, 6.45) is 0. The first-order chi connectivity index (χ1) is 9.29. The van der Waals surface area contributed by atoms with Crippen molar-refractivity contribution in [2.75, 3.05) is 11.5 Å². The van der Waals surface area contributed by atoms with E-state index in [0.29, 0.717) is 24.4 Å². The topological polar surface area (TPSA) is 51.0 Å². The summed E-state index contributed by atoms with van der Waals surface area (Å²) < 4.78 is 5.63. The highest BCUT2D eigenvalue weighted by molar-refractivity contribution is 7.99. The lowest BCUT2D eigenvalue weighted by molar-refractivity contribution is 0.460. The van der Waals surface area contributed by atoms with Crippen LogP contribution in [0.25, 0.3) is 11.5 Å². The van der Waals surface area contributed by atoms with Crippen molar-refractivity contribution in [3.8, 4) is 11.5 Å². The largest absolute Gasteiger partial charge is 0.419 e. The lowest BCUT2D eigenvalue weighted by atomic mass is 10.2. The van der Waals surface area contributed by atoms with Crippen molar-refractivity contribution in [2.24, 2.45) is 0 Å². The van der Waals surface area contributed by atoms with Crippen LogP contribution in [-0.2, 0) is 6.54 Å². The van der Waals surface area contributed by atoms with Gasteiger partial charge in [0, 0.05) is 17.4 Å². The van der Waals surface area contributed by atoms with E-state index >= 15 is 0 Å². The third-order valence-corrected chi connectivity index (χ3v) is 3.81. The van der Waals surface area contributed by atoms with E-state index in [1.807, 2.05) is 42.1 Å². The molecule has 0 fully saturated rings. The van der Waals surface area contributed by atoms with Crippen molar-refractivity contribution < 1.29 is 4.42 Å². The Morgan fingerprint density at radius 3 is 2.79 bits per heavy atom. The summed E-state index contributed by atoms with van der Waals surface area (Å²) in [4.78, 5) is 0. The molecular weight excluding hydrogens is 258 g/mol. The minimum absolute atomic E-state index is 0.442. The van der Waals surface area contributed by atoms with Crippen molar-refractivity contribution in [2.45, 2.75) is 26.4 Å². The number of aromatic nitrogens is 2. The molecule has 0 aliphatic carbocycles. The van der Waals surface area contributed by atoms with E-state index < -0.39 is 0 Å². The normalized spacial score (nSPS) is 12.5. The number of thioether (sulfide) groups is 1. The highest BCUT2D eigenvalue weighted by Crippen LogP contribution is 2.16. The van der Waals surface area contributed by atoms with Crippen LogP contribution in [0.2, 0.25) is 0 Å². The Labute approximate surface area is 118 Å². The van der Waals surface area contributed by atoms with Crippen molar-refractivity contribution >= 4 is 11.8 Å². The number of rotatable bonds is 7. The van der Waals surface area contributed by atoms with Gasteiger partial charge in [0.15, 0.2) is 0 Å². The summed E-state index contributed by atoms with van der Waals surface area (Å²) >= 11 is 1.92. The number of hydrogen-bond donors (Lipinski definition) is 1. The first-order valence-electron chi connectivity index (χ1n) is 6.48. The number of benzene rings is 1. The van der Waals surface area contributed by atoms with Crippen LogP contribution in [0.1, 0.15) is 19.7 Å². The standard InChI is InChI=1S/C14H19N3OS/c1-3-19-10-11(2)15-9-13-16-17-14(18-13)12-7-5-4-6-8-12/h4-8,11,15H,3,9-10H2,1-2H3. The second-order valence-electron chi connectivity index (χ2n) is 4.31. The molecule has 0 saturated carbocycles. The first kappa shape index (κ1) is 14.1. The zero-order chi connectivity index (χ0) is 13.5. The quantitative estimate of drug-likeness (QED) is 0.843. The summed E-state index contributed by atoms with van der Waals surface area (Å²) in [5, 5.41) is 11.5. The Kier molecular flexibility index (Phi) is 5.42. The van der Waals surface area contributed by atoms with Crippen LogP contribution in [-0.4, -0.2) is 27.7 Å². The highest BCUT2D eigenvalue weighted by atomic mass is 32.2. The molecule has 1 N–H and O–H groups in total. The van der Waals surface area contributed by atoms with Gasteiger partial charge in [0.1, 0.15) is 0 Å². The summed E-state index contributed by atoms with van der Waals surface area (Å²) in [6.45, 7) is 4.95. The Bertz CT molecular complexity index is 486. The van der Waals surface area contributed by atoms with E-state index in [1.165, 1.54) is 0 Å². The molecule has 0 spiro atoms. The van der Waals surface area contributed by atoms with Crippen LogP contribution in [0, 0.1) is 0 Å². The minimum atomic E-state index is 0.442. The Morgan fingerprint density at radius 2 is 2.05 bits per heavy atom. The molecule has 0 bridgehead atoms. The van der Waals surface area contributed by atoms with Gasteiger partial charge in [-0.25, -0.2) is 0 Å². The molecule has 2 aromatic rings. The lowest BCUT2D eigenvalue weighted by Gasteiger charge is -2.10. The van der Waals surface area contributed by atoms with E-state index in [1.54, 1.807) is 0 Å². The predicted molar refractivity (Wildman–Crippen MR) is 79.0 cm³/mol. The molecule has 1 aromatic carbocycles. The maximum Gasteiger partial charge on any atom is 0.247 e. The number of nitrogens with zero attached hydrogens (tertiary/aromatic N) is 2. The third kappa shape index (κ3) is 4.36. The van der Waals surface area contributed by atoms with E-state index in [0.717, 1.165) is 17.1 Å². The number of hydrogen-bond acceptors (Lipinski definition) is 5. The summed E-state index contributed by atoms with van der Waals surface area (Å²) in [5.41, 5.74) is 0.954. The van der Waals surface area contributed by atoms with Crippen molar-refractivity contribution in [3.05, 3.63) is 36.2 Å². The summed E-state index contributed by atoms with van der Waals surface area (Å²) in [5.74, 6) is 3.45. The highest BCUT2D eigenvalue weighted by Gasteiger charge is 2.09. The summed E-state index contributed by atoms with van der Waals surface area (Å²) in [7, 11) is 0. The molecule has 0 amide bonds. The van der Waals surface area contributed by atoms with Crippen LogP contribution >= 0.6 is 11.8 Å². The average Bonchev–Trinajstić information content (AvgIpc) is 2.93. The van der Waals surface area contributed by atoms with Gasteiger partial charge in [-0.05, 0) is 24.8 Å². The molecule has 1 aromatic heterocycles. The van der Waals surface area contributed by atoms with Gasteiger partial charge in [0.05, 0.1) is 6.54 Å². The van der Waals surface area contributed by atoms with Crippen LogP contribution in [0.15, 0.2) is 34.7 Å². The fraction of sp³-hybridized carbons (Fsp3) is 0.429. The second-order valence-corrected chi connectivity index (χ2v) is 5.63. The maximum atomic E-state index is 5.63. The molecule has 1 atom stereocenters. The molecule has 0 aliphatic heterocycles. The SMILES string of the molecule is CCSCC(C)NCc1nnc(-c2ccccc2)o1. The van der Waals surface area contributed by atoms with Gasteiger partial charge in [0.2, 0.25) is 11.8 Å². The zero-order valence-corrected chi connectivity index (χ0v) is 12.1. The molecule has 102 valence electrons. The first-order valence-corrected chi connectivity index (χ1v) is 7.64. The smallest absolute Gasteiger partial charge is 0.247 e. The van der Waals surface area contributed by atoms with Crippen LogP contribution < -0.4 is 5.32 Å².